The first-order valence-corrected chi connectivity index (χ1v) is 5.53. The van der Waals surface area contributed by atoms with Crippen molar-refractivity contribution in [2.75, 3.05) is 13.2 Å². The Morgan fingerprint density at radius 1 is 1.44 bits per heavy atom. The van der Waals surface area contributed by atoms with Gasteiger partial charge in [0.1, 0.15) is 5.82 Å². The fourth-order valence-electron chi connectivity index (χ4n) is 1.96. The van der Waals surface area contributed by atoms with Crippen molar-refractivity contribution in [1.29, 1.82) is 0 Å². The molecule has 4 nitrogen and oxygen atoms in total. The summed E-state index contributed by atoms with van der Waals surface area (Å²) in [4.78, 5) is 4.55. The van der Waals surface area contributed by atoms with E-state index in [9.17, 15) is 0 Å². The Bertz CT molecular complexity index is 490. The number of aliphatic hydroxyl groups is 1. The van der Waals surface area contributed by atoms with E-state index in [1.54, 1.807) is 0 Å². The van der Waals surface area contributed by atoms with Gasteiger partial charge in [-0.3, -0.25) is 0 Å². The van der Waals surface area contributed by atoms with Crippen LogP contribution in [0.25, 0.3) is 11.0 Å². The fourth-order valence-corrected chi connectivity index (χ4v) is 1.96. The molecule has 0 aliphatic carbocycles. The SMILES string of the molecule is Cc1ccc2c(c1)nc(CCN)n2CCO. The third kappa shape index (κ3) is 1.94. The van der Waals surface area contributed by atoms with Crippen molar-refractivity contribution in [2.24, 2.45) is 5.73 Å². The van der Waals surface area contributed by atoms with Crippen molar-refractivity contribution in [3.05, 3.63) is 29.6 Å². The van der Waals surface area contributed by atoms with Crippen LogP contribution in [0.4, 0.5) is 0 Å². The van der Waals surface area contributed by atoms with Crippen LogP contribution >= 0.6 is 0 Å². The number of benzene rings is 1. The molecule has 2 aromatic rings. The summed E-state index contributed by atoms with van der Waals surface area (Å²) in [6.45, 7) is 3.33. The Labute approximate surface area is 94.7 Å². The molecule has 0 bridgehead atoms. The molecule has 0 amide bonds. The third-order valence-electron chi connectivity index (χ3n) is 2.67. The molecule has 0 radical (unpaired) electrons. The average molecular weight is 219 g/mol. The van der Waals surface area contributed by atoms with Crippen molar-refractivity contribution >= 4 is 11.0 Å². The fraction of sp³-hybridized carbons (Fsp3) is 0.417. The molecule has 4 heteroatoms. The Morgan fingerprint density at radius 3 is 2.94 bits per heavy atom. The van der Waals surface area contributed by atoms with Crippen LogP contribution in [-0.4, -0.2) is 27.8 Å². The van der Waals surface area contributed by atoms with E-state index in [0.29, 0.717) is 13.1 Å². The summed E-state index contributed by atoms with van der Waals surface area (Å²) in [5.74, 6) is 0.956. The van der Waals surface area contributed by atoms with E-state index < -0.39 is 0 Å². The van der Waals surface area contributed by atoms with Crippen molar-refractivity contribution < 1.29 is 5.11 Å². The number of aromatic nitrogens is 2. The second-order valence-corrected chi connectivity index (χ2v) is 3.93. The highest BCUT2D eigenvalue weighted by atomic mass is 16.3. The number of hydrogen-bond acceptors (Lipinski definition) is 3. The summed E-state index contributed by atoms with van der Waals surface area (Å²) in [6.07, 6.45) is 0.744. The van der Waals surface area contributed by atoms with Crippen LogP contribution in [0.3, 0.4) is 0 Å². The van der Waals surface area contributed by atoms with E-state index in [0.717, 1.165) is 23.3 Å². The molecule has 0 aliphatic heterocycles. The minimum Gasteiger partial charge on any atom is -0.395 e. The standard InChI is InChI=1S/C12H17N3O/c1-9-2-3-11-10(8-9)14-12(4-5-13)15(11)6-7-16/h2-3,8,16H,4-7,13H2,1H3. The van der Waals surface area contributed by atoms with Crippen molar-refractivity contribution in [1.82, 2.24) is 9.55 Å². The van der Waals surface area contributed by atoms with Crippen LogP contribution < -0.4 is 5.73 Å². The summed E-state index contributed by atoms with van der Waals surface area (Å²) < 4.78 is 2.04. The summed E-state index contributed by atoms with van der Waals surface area (Å²) in [6, 6.07) is 6.17. The Kier molecular flexibility index (Phi) is 3.22. The molecule has 1 aromatic heterocycles. The molecule has 16 heavy (non-hydrogen) atoms. The number of rotatable bonds is 4. The lowest BCUT2D eigenvalue weighted by Gasteiger charge is -2.06. The Hall–Kier alpha value is -1.39. The quantitative estimate of drug-likeness (QED) is 0.801. The van der Waals surface area contributed by atoms with Gasteiger partial charge in [-0.2, -0.15) is 0 Å². The van der Waals surface area contributed by atoms with Crippen LogP contribution in [0.15, 0.2) is 18.2 Å². The molecule has 0 fully saturated rings. The lowest BCUT2D eigenvalue weighted by atomic mass is 10.2. The normalized spacial score (nSPS) is 11.2. The second-order valence-electron chi connectivity index (χ2n) is 3.93. The molecule has 1 aromatic carbocycles. The molecular weight excluding hydrogens is 202 g/mol. The minimum absolute atomic E-state index is 0.122. The lowest BCUT2D eigenvalue weighted by Crippen LogP contribution is -2.11. The zero-order valence-corrected chi connectivity index (χ0v) is 9.48. The van der Waals surface area contributed by atoms with E-state index in [1.807, 2.05) is 17.6 Å². The van der Waals surface area contributed by atoms with Crippen LogP contribution in [0.2, 0.25) is 0 Å². The molecule has 0 spiro atoms. The Balaban J connectivity index is 2.56. The molecule has 86 valence electrons. The van der Waals surface area contributed by atoms with Crippen molar-refractivity contribution in [3.63, 3.8) is 0 Å². The van der Waals surface area contributed by atoms with E-state index in [2.05, 4.69) is 17.1 Å². The third-order valence-corrected chi connectivity index (χ3v) is 2.67. The smallest absolute Gasteiger partial charge is 0.111 e. The van der Waals surface area contributed by atoms with Gasteiger partial charge in [0.05, 0.1) is 17.6 Å². The summed E-state index contributed by atoms with van der Waals surface area (Å²) in [5, 5.41) is 9.06. The van der Waals surface area contributed by atoms with E-state index in [1.165, 1.54) is 5.56 Å². The minimum atomic E-state index is 0.122. The molecular formula is C12H17N3O. The van der Waals surface area contributed by atoms with E-state index in [-0.39, 0.29) is 6.61 Å². The summed E-state index contributed by atoms with van der Waals surface area (Å²) in [7, 11) is 0. The first-order chi connectivity index (χ1) is 7.76. The first-order valence-electron chi connectivity index (χ1n) is 5.53. The number of fused-ring (bicyclic) bond motifs is 1. The molecule has 2 rings (SSSR count). The largest absolute Gasteiger partial charge is 0.395 e. The maximum Gasteiger partial charge on any atom is 0.111 e. The van der Waals surface area contributed by atoms with E-state index in [4.69, 9.17) is 10.8 Å². The van der Waals surface area contributed by atoms with Crippen LogP contribution in [-0.2, 0) is 13.0 Å². The van der Waals surface area contributed by atoms with Gasteiger partial charge in [-0.25, -0.2) is 4.98 Å². The maximum absolute atomic E-state index is 9.06. The van der Waals surface area contributed by atoms with Gasteiger partial charge in [-0.1, -0.05) is 6.07 Å². The van der Waals surface area contributed by atoms with Gasteiger partial charge in [0.25, 0.3) is 0 Å². The number of nitrogens with two attached hydrogens (primary N) is 1. The maximum atomic E-state index is 9.06. The molecule has 0 aliphatic rings. The van der Waals surface area contributed by atoms with Gasteiger partial charge in [0.15, 0.2) is 0 Å². The van der Waals surface area contributed by atoms with E-state index >= 15 is 0 Å². The number of nitrogens with zero attached hydrogens (tertiary/aromatic N) is 2. The average Bonchev–Trinajstić information content (AvgIpc) is 2.57. The zero-order valence-electron chi connectivity index (χ0n) is 9.48. The number of aliphatic hydroxyl groups excluding tert-OH is 1. The molecule has 3 N–H and O–H groups in total. The van der Waals surface area contributed by atoms with Crippen LogP contribution in [0.5, 0.6) is 0 Å². The van der Waals surface area contributed by atoms with Gasteiger partial charge >= 0.3 is 0 Å². The van der Waals surface area contributed by atoms with Gasteiger partial charge in [-0.05, 0) is 31.2 Å². The van der Waals surface area contributed by atoms with Crippen molar-refractivity contribution in [3.8, 4) is 0 Å². The number of aryl methyl sites for hydroxylation is 1. The van der Waals surface area contributed by atoms with Gasteiger partial charge < -0.3 is 15.4 Å². The molecule has 0 atom stereocenters. The molecule has 0 saturated heterocycles. The summed E-state index contributed by atoms with van der Waals surface area (Å²) >= 11 is 0. The molecule has 1 heterocycles. The Morgan fingerprint density at radius 2 is 2.25 bits per heavy atom. The lowest BCUT2D eigenvalue weighted by molar-refractivity contribution is 0.276. The number of hydrogen-bond donors (Lipinski definition) is 2. The topological polar surface area (TPSA) is 64.1 Å². The predicted molar refractivity (Wildman–Crippen MR) is 64.3 cm³/mol. The molecule has 0 unspecified atom stereocenters. The monoisotopic (exact) mass is 219 g/mol. The highest BCUT2D eigenvalue weighted by Gasteiger charge is 2.09. The molecule has 0 saturated carbocycles. The van der Waals surface area contributed by atoms with Gasteiger partial charge in [0.2, 0.25) is 0 Å². The summed E-state index contributed by atoms with van der Waals surface area (Å²) in [5.41, 5.74) is 8.81. The predicted octanol–water partition coefficient (Wildman–Crippen LogP) is 0.838. The van der Waals surface area contributed by atoms with Crippen LogP contribution in [0, 0.1) is 6.92 Å². The highest BCUT2D eigenvalue weighted by Crippen LogP contribution is 2.17. The second kappa shape index (κ2) is 4.63. The first kappa shape index (κ1) is 11.1. The number of imidazole rings is 1. The van der Waals surface area contributed by atoms with Gasteiger partial charge in [0, 0.05) is 13.0 Å². The van der Waals surface area contributed by atoms with Crippen LogP contribution in [0.1, 0.15) is 11.4 Å². The highest BCUT2D eigenvalue weighted by molar-refractivity contribution is 5.76. The van der Waals surface area contributed by atoms with Gasteiger partial charge in [-0.15, -0.1) is 0 Å². The zero-order chi connectivity index (χ0) is 11.5. The van der Waals surface area contributed by atoms with Crippen molar-refractivity contribution in [2.45, 2.75) is 19.9 Å².